The van der Waals surface area contributed by atoms with Crippen LogP contribution in [0.5, 0.6) is 0 Å². The summed E-state index contributed by atoms with van der Waals surface area (Å²) in [6, 6.07) is 0.648. The minimum Gasteiger partial charge on any atom is -0.382 e. The molecule has 0 saturated carbocycles. The fourth-order valence-corrected chi connectivity index (χ4v) is 2.28. The summed E-state index contributed by atoms with van der Waals surface area (Å²) >= 11 is 0. The highest BCUT2D eigenvalue weighted by molar-refractivity contribution is 4.77. The van der Waals surface area contributed by atoms with Crippen LogP contribution >= 0.6 is 0 Å². The van der Waals surface area contributed by atoms with Crippen molar-refractivity contribution in [3.8, 4) is 0 Å². The van der Waals surface area contributed by atoms with Gasteiger partial charge in [0.1, 0.15) is 0 Å². The van der Waals surface area contributed by atoms with Crippen molar-refractivity contribution in [3.05, 3.63) is 0 Å². The Morgan fingerprint density at radius 3 is 2.73 bits per heavy atom. The molecule has 0 aliphatic carbocycles. The van der Waals surface area contributed by atoms with E-state index in [2.05, 4.69) is 12.4 Å². The molecule has 90 valence electrons. The van der Waals surface area contributed by atoms with Crippen molar-refractivity contribution in [2.75, 3.05) is 33.5 Å². The van der Waals surface area contributed by atoms with E-state index >= 15 is 0 Å². The molecule has 1 fully saturated rings. The Balaban J connectivity index is 2.15. The molecule has 0 radical (unpaired) electrons. The van der Waals surface area contributed by atoms with Crippen LogP contribution < -0.4 is 5.32 Å². The Hall–Kier alpha value is -0.120. The van der Waals surface area contributed by atoms with E-state index in [0.29, 0.717) is 6.04 Å². The third-order valence-electron chi connectivity index (χ3n) is 3.21. The maximum absolute atomic E-state index is 5.38. The van der Waals surface area contributed by atoms with E-state index in [9.17, 15) is 0 Å². The second-order valence-electron chi connectivity index (χ2n) is 4.18. The third kappa shape index (κ3) is 4.96. The Bertz CT molecular complexity index is 147. The van der Waals surface area contributed by atoms with Crippen LogP contribution in [0.25, 0.3) is 0 Å². The Morgan fingerprint density at radius 2 is 2.13 bits per heavy atom. The molecule has 0 aromatic heterocycles. The average Bonchev–Trinajstić information content (AvgIpc) is 2.30. The minimum atomic E-state index is 0.648. The van der Waals surface area contributed by atoms with Crippen molar-refractivity contribution < 1.29 is 9.47 Å². The summed E-state index contributed by atoms with van der Waals surface area (Å²) in [5.74, 6) is 0.797. The number of rotatable bonds is 7. The zero-order valence-electron chi connectivity index (χ0n) is 10.1. The van der Waals surface area contributed by atoms with Crippen LogP contribution in [0, 0.1) is 5.92 Å². The number of ether oxygens (including phenoxy) is 2. The van der Waals surface area contributed by atoms with Gasteiger partial charge < -0.3 is 14.8 Å². The lowest BCUT2D eigenvalue weighted by molar-refractivity contribution is 0.0515. The lowest BCUT2D eigenvalue weighted by Gasteiger charge is -2.30. The van der Waals surface area contributed by atoms with Gasteiger partial charge in [0.2, 0.25) is 0 Å². The molecule has 1 saturated heterocycles. The van der Waals surface area contributed by atoms with Crippen LogP contribution in [-0.2, 0) is 9.47 Å². The molecule has 1 aliphatic rings. The van der Waals surface area contributed by atoms with Crippen LogP contribution in [0.2, 0.25) is 0 Å². The summed E-state index contributed by atoms with van der Waals surface area (Å²) in [5, 5.41) is 3.44. The SMILES string of the molecule is CCOCCCC(NC)C1CCOCC1. The van der Waals surface area contributed by atoms with E-state index in [-0.39, 0.29) is 0 Å². The van der Waals surface area contributed by atoms with Gasteiger partial charge in [-0.3, -0.25) is 0 Å². The summed E-state index contributed by atoms with van der Waals surface area (Å²) in [4.78, 5) is 0. The number of nitrogens with one attached hydrogen (secondary N) is 1. The molecule has 0 bridgehead atoms. The van der Waals surface area contributed by atoms with E-state index in [1.807, 2.05) is 6.92 Å². The molecule has 0 spiro atoms. The molecule has 0 amide bonds. The largest absolute Gasteiger partial charge is 0.382 e. The summed E-state index contributed by atoms with van der Waals surface area (Å²) in [6.45, 7) is 5.66. The minimum absolute atomic E-state index is 0.648. The van der Waals surface area contributed by atoms with Gasteiger partial charge in [-0.25, -0.2) is 0 Å². The van der Waals surface area contributed by atoms with Crippen molar-refractivity contribution in [3.63, 3.8) is 0 Å². The highest BCUT2D eigenvalue weighted by atomic mass is 16.5. The van der Waals surface area contributed by atoms with E-state index < -0.39 is 0 Å². The van der Waals surface area contributed by atoms with Gasteiger partial charge in [-0.15, -0.1) is 0 Å². The molecule has 1 unspecified atom stereocenters. The first-order chi connectivity index (χ1) is 7.38. The first kappa shape index (κ1) is 12.9. The molecular weight excluding hydrogens is 190 g/mol. The molecule has 0 aromatic rings. The highest BCUT2D eigenvalue weighted by Crippen LogP contribution is 2.21. The van der Waals surface area contributed by atoms with Crippen molar-refractivity contribution in [1.82, 2.24) is 5.32 Å². The molecule has 15 heavy (non-hydrogen) atoms. The summed E-state index contributed by atoms with van der Waals surface area (Å²) in [7, 11) is 2.07. The van der Waals surface area contributed by atoms with Gasteiger partial charge in [-0.2, -0.15) is 0 Å². The van der Waals surface area contributed by atoms with E-state index in [0.717, 1.165) is 38.8 Å². The second kappa shape index (κ2) is 8.08. The highest BCUT2D eigenvalue weighted by Gasteiger charge is 2.21. The van der Waals surface area contributed by atoms with Gasteiger partial charge in [0.25, 0.3) is 0 Å². The van der Waals surface area contributed by atoms with Gasteiger partial charge >= 0.3 is 0 Å². The Kier molecular flexibility index (Phi) is 6.98. The van der Waals surface area contributed by atoms with Gasteiger partial charge in [0.15, 0.2) is 0 Å². The first-order valence-electron chi connectivity index (χ1n) is 6.21. The molecule has 3 heteroatoms. The van der Waals surface area contributed by atoms with Gasteiger partial charge in [0.05, 0.1) is 0 Å². The Labute approximate surface area is 93.5 Å². The fourth-order valence-electron chi connectivity index (χ4n) is 2.28. The third-order valence-corrected chi connectivity index (χ3v) is 3.21. The van der Waals surface area contributed by atoms with Crippen LogP contribution in [-0.4, -0.2) is 39.5 Å². The maximum atomic E-state index is 5.38. The van der Waals surface area contributed by atoms with E-state index in [1.165, 1.54) is 19.3 Å². The number of hydrogen-bond acceptors (Lipinski definition) is 3. The maximum Gasteiger partial charge on any atom is 0.0469 e. The molecule has 1 heterocycles. The Morgan fingerprint density at radius 1 is 1.40 bits per heavy atom. The molecule has 1 atom stereocenters. The first-order valence-corrected chi connectivity index (χ1v) is 6.21. The normalized spacial score (nSPS) is 20.4. The summed E-state index contributed by atoms with van der Waals surface area (Å²) < 4.78 is 10.7. The van der Waals surface area contributed by atoms with Gasteiger partial charge in [0, 0.05) is 32.5 Å². The van der Waals surface area contributed by atoms with Crippen LogP contribution in [0.4, 0.5) is 0 Å². The monoisotopic (exact) mass is 215 g/mol. The van der Waals surface area contributed by atoms with Crippen molar-refractivity contribution in [2.45, 2.75) is 38.6 Å². The molecule has 1 N–H and O–H groups in total. The van der Waals surface area contributed by atoms with Crippen LogP contribution in [0.15, 0.2) is 0 Å². The molecule has 1 aliphatic heterocycles. The van der Waals surface area contributed by atoms with Gasteiger partial charge in [-0.1, -0.05) is 0 Å². The zero-order valence-corrected chi connectivity index (χ0v) is 10.1. The predicted molar refractivity (Wildman–Crippen MR) is 62.1 cm³/mol. The van der Waals surface area contributed by atoms with Crippen molar-refractivity contribution in [2.24, 2.45) is 5.92 Å². The lowest BCUT2D eigenvalue weighted by Crippen LogP contribution is -2.37. The fraction of sp³-hybridized carbons (Fsp3) is 1.00. The van der Waals surface area contributed by atoms with Crippen LogP contribution in [0.1, 0.15) is 32.6 Å². The topological polar surface area (TPSA) is 30.5 Å². The standard InChI is InChI=1S/C12H25NO2/c1-3-14-8-4-5-12(13-2)11-6-9-15-10-7-11/h11-13H,3-10H2,1-2H3. The molecule has 3 nitrogen and oxygen atoms in total. The lowest BCUT2D eigenvalue weighted by atomic mass is 9.89. The van der Waals surface area contributed by atoms with E-state index in [4.69, 9.17) is 9.47 Å². The average molecular weight is 215 g/mol. The van der Waals surface area contributed by atoms with Crippen molar-refractivity contribution >= 4 is 0 Å². The van der Waals surface area contributed by atoms with Gasteiger partial charge in [-0.05, 0) is 45.6 Å². The summed E-state index contributed by atoms with van der Waals surface area (Å²) in [5.41, 5.74) is 0. The predicted octanol–water partition coefficient (Wildman–Crippen LogP) is 1.82. The van der Waals surface area contributed by atoms with E-state index in [1.54, 1.807) is 0 Å². The summed E-state index contributed by atoms with van der Waals surface area (Å²) in [6.07, 6.45) is 4.80. The van der Waals surface area contributed by atoms with Crippen LogP contribution in [0.3, 0.4) is 0 Å². The molecule has 0 aromatic carbocycles. The smallest absolute Gasteiger partial charge is 0.0469 e. The number of hydrogen-bond donors (Lipinski definition) is 1. The second-order valence-corrected chi connectivity index (χ2v) is 4.18. The quantitative estimate of drug-likeness (QED) is 0.657. The van der Waals surface area contributed by atoms with Crippen molar-refractivity contribution in [1.29, 1.82) is 0 Å². The molecule has 1 rings (SSSR count). The zero-order chi connectivity index (χ0) is 10.9. The molecular formula is C12H25NO2.